The Morgan fingerprint density at radius 1 is 1.20 bits per heavy atom. The van der Waals surface area contributed by atoms with Gasteiger partial charge in [0.2, 0.25) is 0 Å². The summed E-state index contributed by atoms with van der Waals surface area (Å²) in [7, 11) is 3.19. The van der Waals surface area contributed by atoms with Crippen molar-refractivity contribution >= 4 is 0 Å². The first-order valence-electron chi connectivity index (χ1n) is 4.72. The van der Waals surface area contributed by atoms with Crippen molar-refractivity contribution in [1.82, 2.24) is 0 Å². The molecule has 1 heterocycles. The first kappa shape index (κ1) is 10.3. The zero-order valence-electron chi connectivity index (χ0n) is 8.78. The molecule has 1 saturated heterocycles. The van der Waals surface area contributed by atoms with Gasteiger partial charge in [-0.3, -0.25) is 0 Å². The van der Waals surface area contributed by atoms with Gasteiger partial charge in [-0.05, 0) is 18.2 Å². The second-order valence-electron chi connectivity index (χ2n) is 3.10. The molecule has 1 radical (unpaired) electrons. The topological polar surface area (TPSA) is 36.9 Å². The van der Waals surface area contributed by atoms with Gasteiger partial charge in [-0.25, -0.2) is 0 Å². The maximum Gasteiger partial charge on any atom is 0.184 e. The van der Waals surface area contributed by atoms with E-state index in [-0.39, 0.29) is 6.29 Å². The molecule has 0 spiro atoms. The lowest BCUT2D eigenvalue weighted by Gasteiger charge is -2.12. The van der Waals surface area contributed by atoms with E-state index in [1.807, 2.05) is 6.07 Å². The van der Waals surface area contributed by atoms with E-state index in [0.29, 0.717) is 24.7 Å². The van der Waals surface area contributed by atoms with E-state index in [4.69, 9.17) is 18.9 Å². The number of methoxy groups -OCH3 is 2. The summed E-state index contributed by atoms with van der Waals surface area (Å²) in [6, 6.07) is 6.59. The molecule has 0 unspecified atom stereocenters. The van der Waals surface area contributed by atoms with Crippen LogP contribution in [-0.2, 0) is 9.47 Å². The Bertz CT molecular complexity index is 331. The van der Waals surface area contributed by atoms with Crippen molar-refractivity contribution in [2.24, 2.45) is 0 Å². The summed E-state index contributed by atoms with van der Waals surface area (Å²) in [5, 5.41) is 0. The van der Waals surface area contributed by atoms with Crippen LogP contribution in [0.1, 0.15) is 11.9 Å². The second-order valence-corrected chi connectivity index (χ2v) is 3.10. The third kappa shape index (κ3) is 2.06. The van der Waals surface area contributed by atoms with Gasteiger partial charge in [0, 0.05) is 5.56 Å². The fourth-order valence-electron chi connectivity index (χ4n) is 1.47. The van der Waals surface area contributed by atoms with E-state index in [1.54, 1.807) is 20.3 Å². The quantitative estimate of drug-likeness (QED) is 0.756. The highest BCUT2D eigenvalue weighted by Crippen LogP contribution is 2.32. The molecule has 0 atom stereocenters. The molecule has 1 fully saturated rings. The average molecular weight is 209 g/mol. The lowest BCUT2D eigenvalue weighted by Crippen LogP contribution is -1.99. The fourth-order valence-corrected chi connectivity index (χ4v) is 1.47. The minimum absolute atomic E-state index is 0.329. The van der Waals surface area contributed by atoms with Gasteiger partial charge in [-0.2, -0.15) is 0 Å². The van der Waals surface area contributed by atoms with Crippen LogP contribution in [0.25, 0.3) is 0 Å². The summed E-state index contributed by atoms with van der Waals surface area (Å²) >= 11 is 0. The highest BCUT2D eigenvalue weighted by atomic mass is 16.7. The maximum atomic E-state index is 5.36. The van der Waals surface area contributed by atoms with Crippen molar-refractivity contribution in [3.8, 4) is 11.5 Å². The Labute approximate surface area is 88.7 Å². The van der Waals surface area contributed by atoms with Crippen LogP contribution < -0.4 is 9.47 Å². The predicted octanol–water partition coefficient (Wildman–Crippen LogP) is 1.55. The number of rotatable bonds is 3. The summed E-state index contributed by atoms with van der Waals surface area (Å²) in [6.07, 6.45) is -0.329. The Kier molecular flexibility index (Phi) is 3.08. The van der Waals surface area contributed by atoms with E-state index < -0.39 is 0 Å². The molecule has 1 aliphatic rings. The van der Waals surface area contributed by atoms with Crippen molar-refractivity contribution in [2.45, 2.75) is 6.29 Å². The first-order valence-corrected chi connectivity index (χ1v) is 4.72. The summed E-state index contributed by atoms with van der Waals surface area (Å²) in [6.45, 7) is 1.24. The van der Waals surface area contributed by atoms with Crippen LogP contribution in [0.15, 0.2) is 12.1 Å². The normalized spacial score (nSPS) is 16.7. The molecule has 4 heteroatoms. The van der Waals surface area contributed by atoms with Gasteiger partial charge >= 0.3 is 0 Å². The average Bonchev–Trinajstić information content (AvgIpc) is 2.81. The molecule has 0 N–H and O–H groups in total. The van der Waals surface area contributed by atoms with Crippen molar-refractivity contribution in [3.63, 3.8) is 0 Å². The minimum atomic E-state index is -0.329. The molecular weight excluding hydrogens is 196 g/mol. The van der Waals surface area contributed by atoms with E-state index in [1.165, 1.54) is 0 Å². The molecule has 2 rings (SSSR count). The summed E-state index contributed by atoms with van der Waals surface area (Å²) < 4.78 is 21.0. The van der Waals surface area contributed by atoms with Crippen LogP contribution in [0.3, 0.4) is 0 Å². The van der Waals surface area contributed by atoms with Gasteiger partial charge in [-0.1, -0.05) is 0 Å². The molecule has 0 amide bonds. The van der Waals surface area contributed by atoms with Gasteiger partial charge < -0.3 is 18.9 Å². The number of benzene rings is 1. The van der Waals surface area contributed by atoms with Crippen molar-refractivity contribution in [2.75, 3.05) is 27.4 Å². The smallest absolute Gasteiger partial charge is 0.184 e. The number of hydrogen-bond donors (Lipinski definition) is 0. The van der Waals surface area contributed by atoms with E-state index in [9.17, 15) is 0 Å². The Balaban J connectivity index is 2.25. The monoisotopic (exact) mass is 209 g/mol. The van der Waals surface area contributed by atoms with E-state index >= 15 is 0 Å². The molecule has 81 valence electrons. The zero-order valence-corrected chi connectivity index (χ0v) is 8.78. The van der Waals surface area contributed by atoms with Crippen LogP contribution in [-0.4, -0.2) is 27.4 Å². The molecular formula is C11H13O4. The van der Waals surface area contributed by atoms with Crippen LogP contribution in [0.5, 0.6) is 11.5 Å². The van der Waals surface area contributed by atoms with Crippen LogP contribution in [0, 0.1) is 6.07 Å². The summed E-state index contributed by atoms with van der Waals surface area (Å²) in [4.78, 5) is 0. The molecule has 1 aromatic rings. The number of ether oxygens (including phenoxy) is 4. The lowest BCUT2D eigenvalue weighted by molar-refractivity contribution is -0.0444. The van der Waals surface area contributed by atoms with Crippen LogP contribution >= 0.6 is 0 Å². The second kappa shape index (κ2) is 4.51. The fraction of sp³-hybridized carbons (Fsp3) is 0.455. The standard InChI is InChI=1S/C11H13O4/c1-12-9-4-3-8(7-10(9)13-2)11-14-5-6-15-11/h4,7,11H,5-6H2,1-2H3. The number of hydrogen-bond acceptors (Lipinski definition) is 4. The molecule has 15 heavy (non-hydrogen) atoms. The summed E-state index contributed by atoms with van der Waals surface area (Å²) in [5.74, 6) is 1.31. The zero-order chi connectivity index (χ0) is 10.7. The Morgan fingerprint density at radius 3 is 2.47 bits per heavy atom. The van der Waals surface area contributed by atoms with Gasteiger partial charge in [0.1, 0.15) is 0 Å². The molecule has 0 bridgehead atoms. The van der Waals surface area contributed by atoms with E-state index in [0.717, 1.165) is 5.56 Å². The maximum absolute atomic E-state index is 5.36. The Hall–Kier alpha value is -1.26. The van der Waals surface area contributed by atoms with Gasteiger partial charge in [-0.15, -0.1) is 0 Å². The third-order valence-electron chi connectivity index (χ3n) is 2.21. The molecule has 0 aromatic heterocycles. The third-order valence-corrected chi connectivity index (χ3v) is 2.21. The molecule has 1 aliphatic heterocycles. The first-order chi connectivity index (χ1) is 7.35. The largest absolute Gasteiger partial charge is 0.493 e. The predicted molar refractivity (Wildman–Crippen MR) is 53.0 cm³/mol. The molecule has 4 nitrogen and oxygen atoms in total. The summed E-state index contributed by atoms with van der Waals surface area (Å²) in [5.41, 5.74) is 0.824. The van der Waals surface area contributed by atoms with Crippen molar-refractivity contribution in [3.05, 3.63) is 23.8 Å². The molecule has 0 aliphatic carbocycles. The molecule has 0 saturated carbocycles. The highest BCUT2D eigenvalue weighted by Gasteiger charge is 2.19. The molecule has 1 aromatic carbocycles. The van der Waals surface area contributed by atoms with Gasteiger partial charge in [0.25, 0.3) is 0 Å². The minimum Gasteiger partial charge on any atom is -0.493 e. The van der Waals surface area contributed by atoms with Crippen LogP contribution in [0.4, 0.5) is 0 Å². The van der Waals surface area contributed by atoms with Gasteiger partial charge in [0.05, 0.1) is 27.4 Å². The van der Waals surface area contributed by atoms with Crippen LogP contribution in [0.2, 0.25) is 0 Å². The van der Waals surface area contributed by atoms with Gasteiger partial charge in [0.15, 0.2) is 17.8 Å². The van der Waals surface area contributed by atoms with E-state index in [2.05, 4.69) is 6.07 Å². The van der Waals surface area contributed by atoms with Crippen molar-refractivity contribution < 1.29 is 18.9 Å². The Morgan fingerprint density at radius 2 is 1.87 bits per heavy atom. The SMILES string of the molecule is COc1c[c]c(C2OCCO2)cc1OC. The lowest BCUT2D eigenvalue weighted by atomic mass is 10.2. The van der Waals surface area contributed by atoms with Crippen molar-refractivity contribution in [1.29, 1.82) is 0 Å². The highest BCUT2D eigenvalue weighted by molar-refractivity contribution is 5.42.